The van der Waals surface area contributed by atoms with Crippen molar-refractivity contribution in [3.05, 3.63) is 29.1 Å². The maximum absolute atomic E-state index is 6.37. The third kappa shape index (κ3) is 2.80. The first-order valence-electron chi connectivity index (χ1n) is 7.30. The zero-order valence-electron chi connectivity index (χ0n) is 12.6. The highest BCUT2D eigenvalue weighted by Gasteiger charge is 2.36. The van der Waals surface area contributed by atoms with E-state index in [1.54, 1.807) is 17.6 Å². The molecule has 2 N–H and O–H groups in total. The van der Waals surface area contributed by atoms with E-state index in [9.17, 15) is 0 Å². The van der Waals surface area contributed by atoms with Gasteiger partial charge in [0.1, 0.15) is 5.69 Å². The second-order valence-electron chi connectivity index (χ2n) is 5.69. The van der Waals surface area contributed by atoms with Crippen molar-refractivity contribution in [3.8, 4) is 22.4 Å². The van der Waals surface area contributed by atoms with Gasteiger partial charge in [-0.15, -0.1) is 23.7 Å². The number of halogens is 1. The lowest BCUT2D eigenvalue weighted by atomic mass is 9.99. The predicted octanol–water partition coefficient (Wildman–Crippen LogP) is 3.91. The van der Waals surface area contributed by atoms with Crippen LogP contribution in [0, 0.1) is 6.92 Å². The van der Waals surface area contributed by atoms with E-state index in [1.165, 1.54) is 0 Å². The van der Waals surface area contributed by atoms with Crippen LogP contribution in [0.15, 0.2) is 27.3 Å². The molecule has 6 nitrogen and oxygen atoms in total. The number of rotatable bonds is 3. The molecule has 0 aliphatic heterocycles. The van der Waals surface area contributed by atoms with Crippen molar-refractivity contribution >= 4 is 23.7 Å². The maximum atomic E-state index is 6.37. The van der Waals surface area contributed by atoms with Gasteiger partial charge >= 0.3 is 0 Å². The molecule has 1 aliphatic carbocycles. The molecule has 3 aromatic heterocycles. The van der Waals surface area contributed by atoms with Gasteiger partial charge < -0.3 is 14.7 Å². The van der Waals surface area contributed by atoms with Crippen molar-refractivity contribution in [1.29, 1.82) is 0 Å². The van der Waals surface area contributed by atoms with E-state index in [0.29, 0.717) is 17.4 Å². The Morgan fingerprint density at radius 3 is 2.74 bits per heavy atom. The average Bonchev–Trinajstić information content (AvgIpc) is 3.25. The predicted molar refractivity (Wildman–Crippen MR) is 89.4 cm³/mol. The minimum Gasteiger partial charge on any atom is -0.462 e. The zero-order chi connectivity index (χ0) is 15.2. The summed E-state index contributed by atoms with van der Waals surface area (Å²) in [7, 11) is 0. The van der Waals surface area contributed by atoms with E-state index in [0.717, 1.165) is 41.3 Å². The first kappa shape index (κ1) is 16.2. The van der Waals surface area contributed by atoms with Gasteiger partial charge in [0.15, 0.2) is 16.6 Å². The van der Waals surface area contributed by atoms with Crippen molar-refractivity contribution < 1.29 is 8.94 Å². The van der Waals surface area contributed by atoms with Gasteiger partial charge in [-0.1, -0.05) is 18.0 Å². The van der Waals surface area contributed by atoms with Crippen LogP contribution in [0.4, 0.5) is 0 Å². The number of furan rings is 1. The van der Waals surface area contributed by atoms with Crippen LogP contribution in [0.1, 0.15) is 36.4 Å². The summed E-state index contributed by atoms with van der Waals surface area (Å²) in [4.78, 5) is 10.1. The second-order valence-corrected chi connectivity index (χ2v) is 6.89. The Hall–Kier alpha value is -1.70. The quantitative estimate of drug-likeness (QED) is 0.768. The molecular weight excluding hydrogens is 336 g/mol. The van der Waals surface area contributed by atoms with E-state index >= 15 is 0 Å². The number of aryl methyl sites for hydroxylation is 1. The molecular formula is C15H17ClN4O2S. The number of aromatic nitrogens is 3. The molecule has 0 bridgehead atoms. The lowest BCUT2D eigenvalue weighted by molar-refractivity contribution is 0.372. The van der Waals surface area contributed by atoms with Crippen molar-refractivity contribution in [2.24, 2.45) is 5.73 Å². The van der Waals surface area contributed by atoms with E-state index in [-0.39, 0.29) is 12.4 Å². The van der Waals surface area contributed by atoms with Crippen molar-refractivity contribution in [3.63, 3.8) is 0 Å². The average molecular weight is 353 g/mol. The summed E-state index contributed by atoms with van der Waals surface area (Å²) in [6.45, 7) is 1.98. The first-order valence-corrected chi connectivity index (χ1v) is 8.12. The van der Waals surface area contributed by atoms with Crippen LogP contribution in [-0.2, 0) is 5.54 Å². The smallest absolute Gasteiger partial charge is 0.277 e. The van der Waals surface area contributed by atoms with E-state index in [4.69, 9.17) is 14.7 Å². The van der Waals surface area contributed by atoms with Crippen LogP contribution >= 0.6 is 23.7 Å². The Kier molecular flexibility index (Phi) is 4.27. The number of hydrogen-bond donors (Lipinski definition) is 1. The highest BCUT2D eigenvalue weighted by Crippen LogP contribution is 2.37. The van der Waals surface area contributed by atoms with Gasteiger partial charge in [0.05, 0.1) is 11.8 Å². The van der Waals surface area contributed by atoms with Gasteiger partial charge in [0.25, 0.3) is 5.89 Å². The van der Waals surface area contributed by atoms with Crippen molar-refractivity contribution in [2.45, 2.75) is 38.1 Å². The molecule has 23 heavy (non-hydrogen) atoms. The van der Waals surface area contributed by atoms with Crippen LogP contribution < -0.4 is 5.73 Å². The fourth-order valence-electron chi connectivity index (χ4n) is 2.85. The molecule has 0 unspecified atom stereocenters. The molecule has 0 amide bonds. The van der Waals surface area contributed by atoms with Gasteiger partial charge in [-0.25, -0.2) is 4.98 Å². The normalized spacial score (nSPS) is 16.4. The van der Waals surface area contributed by atoms with Gasteiger partial charge in [0, 0.05) is 4.88 Å². The van der Waals surface area contributed by atoms with Crippen molar-refractivity contribution in [1.82, 2.24) is 15.1 Å². The van der Waals surface area contributed by atoms with Crippen LogP contribution in [-0.4, -0.2) is 15.1 Å². The molecule has 0 atom stereocenters. The molecule has 0 aromatic carbocycles. The maximum Gasteiger partial charge on any atom is 0.277 e. The minimum atomic E-state index is -0.449. The summed E-state index contributed by atoms with van der Waals surface area (Å²) in [6.07, 6.45) is 5.66. The number of nitrogens with two attached hydrogens (primary N) is 1. The van der Waals surface area contributed by atoms with E-state index < -0.39 is 5.54 Å². The Balaban J connectivity index is 0.00000156. The molecule has 1 fully saturated rings. The third-order valence-electron chi connectivity index (χ3n) is 4.10. The Morgan fingerprint density at radius 1 is 1.26 bits per heavy atom. The third-order valence-corrected chi connectivity index (χ3v) is 5.08. The summed E-state index contributed by atoms with van der Waals surface area (Å²) < 4.78 is 10.8. The molecule has 8 heteroatoms. The molecule has 4 rings (SSSR count). The summed E-state index contributed by atoms with van der Waals surface area (Å²) >= 11 is 1.54. The van der Waals surface area contributed by atoms with Gasteiger partial charge in [0.2, 0.25) is 0 Å². The van der Waals surface area contributed by atoms with Crippen LogP contribution in [0.3, 0.4) is 0 Å². The standard InChI is InChI=1S/C15H16N4O2S.ClH/c1-9-11(17-13(22-9)10-5-4-8-20-10)12-18-14(19-21-12)15(16)6-2-3-7-15;/h4-5,8H,2-3,6-7,16H2,1H3;1H. The SMILES string of the molecule is Cc1sc(-c2ccco2)nc1-c1nc(C2(N)CCCC2)no1.Cl. The van der Waals surface area contributed by atoms with Crippen LogP contribution in [0.25, 0.3) is 22.4 Å². The van der Waals surface area contributed by atoms with Gasteiger partial charge in [-0.3, -0.25) is 0 Å². The highest BCUT2D eigenvalue weighted by molar-refractivity contribution is 7.15. The summed E-state index contributed by atoms with van der Waals surface area (Å²) in [5.74, 6) is 1.76. The molecule has 0 radical (unpaired) electrons. The molecule has 1 saturated carbocycles. The second kappa shape index (κ2) is 6.07. The fraction of sp³-hybridized carbons (Fsp3) is 0.400. The molecule has 122 valence electrons. The summed E-state index contributed by atoms with van der Waals surface area (Å²) in [5.41, 5.74) is 6.63. The summed E-state index contributed by atoms with van der Waals surface area (Å²) in [5, 5.41) is 4.90. The van der Waals surface area contributed by atoms with E-state index in [2.05, 4.69) is 15.1 Å². The Bertz CT molecular complexity index is 790. The zero-order valence-corrected chi connectivity index (χ0v) is 14.2. The Morgan fingerprint density at radius 2 is 2.04 bits per heavy atom. The summed E-state index contributed by atoms with van der Waals surface area (Å²) in [6, 6.07) is 3.73. The first-order chi connectivity index (χ1) is 10.7. The van der Waals surface area contributed by atoms with Gasteiger partial charge in [-0.2, -0.15) is 4.98 Å². The molecule has 1 aliphatic rings. The number of nitrogens with zero attached hydrogens (tertiary/aromatic N) is 3. The van der Waals surface area contributed by atoms with Crippen molar-refractivity contribution in [2.75, 3.05) is 0 Å². The highest BCUT2D eigenvalue weighted by atomic mass is 35.5. The van der Waals surface area contributed by atoms with E-state index in [1.807, 2.05) is 19.1 Å². The fourth-order valence-corrected chi connectivity index (χ4v) is 3.73. The lowest BCUT2D eigenvalue weighted by Gasteiger charge is -2.17. The monoisotopic (exact) mass is 352 g/mol. The molecule has 3 heterocycles. The molecule has 3 aromatic rings. The largest absolute Gasteiger partial charge is 0.462 e. The number of hydrogen-bond acceptors (Lipinski definition) is 7. The topological polar surface area (TPSA) is 91.0 Å². The number of thiazole rings is 1. The lowest BCUT2D eigenvalue weighted by Crippen LogP contribution is -2.34. The molecule has 0 saturated heterocycles. The van der Waals surface area contributed by atoms with Crippen LogP contribution in [0.5, 0.6) is 0 Å². The molecule has 0 spiro atoms. The Labute approximate surface area is 143 Å². The van der Waals surface area contributed by atoms with Gasteiger partial charge in [-0.05, 0) is 31.9 Å². The van der Waals surface area contributed by atoms with Crippen LogP contribution in [0.2, 0.25) is 0 Å². The minimum absolute atomic E-state index is 0.